The minimum Gasteiger partial charge on any atom is -0.364 e. The van der Waals surface area contributed by atoms with E-state index in [2.05, 4.69) is 15.3 Å². The van der Waals surface area contributed by atoms with Gasteiger partial charge in [0.05, 0.1) is 6.04 Å². The van der Waals surface area contributed by atoms with E-state index in [1.165, 1.54) is 30.5 Å². The monoisotopic (exact) mass is 416 g/mol. The molecule has 2 N–H and O–H groups in total. The van der Waals surface area contributed by atoms with Crippen molar-refractivity contribution in [2.75, 3.05) is 0 Å². The first-order valence-electron chi connectivity index (χ1n) is 9.05. The highest BCUT2D eigenvalue weighted by Gasteiger charge is 2.45. The average molecular weight is 416 g/mol. The summed E-state index contributed by atoms with van der Waals surface area (Å²) in [5.41, 5.74) is -0.821. The molecule has 5 nitrogen and oxygen atoms in total. The van der Waals surface area contributed by atoms with Crippen molar-refractivity contribution in [2.45, 2.75) is 24.7 Å². The van der Waals surface area contributed by atoms with Crippen molar-refractivity contribution in [1.29, 1.82) is 0 Å². The van der Waals surface area contributed by atoms with Gasteiger partial charge in [0.2, 0.25) is 5.56 Å². The molecule has 30 heavy (non-hydrogen) atoms. The standard InChI is InChI=1S/C21H16F4N4O/c1-12-20(14-3-6-16(22)7-4-14,15-5-8-17(26-11-15)21(23,24)25)29-19(28-12)13-2-9-18(30)27-10-13/h2-12H,1H3,(H,27,30)(H,28,29)/t12-,20-/m0/s1. The Hall–Kier alpha value is -3.49. The summed E-state index contributed by atoms with van der Waals surface area (Å²) in [6, 6.07) is 10.4. The maximum Gasteiger partial charge on any atom is 0.433 e. The highest BCUT2D eigenvalue weighted by atomic mass is 19.4. The van der Waals surface area contributed by atoms with E-state index in [1.807, 2.05) is 6.92 Å². The van der Waals surface area contributed by atoms with E-state index in [4.69, 9.17) is 4.99 Å². The largest absolute Gasteiger partial charge is 0.433 e. The van der Waals surface area contributed by atoms with E-state index in [-0.39, 0.29) is 5.56 Å². The van der Waals surface area contributed by atoms with Crippen molar-refractivity contribution in [3.63, 3.8) is 0 Å². The lowest BCUT2D eigenvalue weighted by atomic mass is 9.79. The number of nitrogens with one attached hydrogen (secondary N) is 2. The highest BCUT2D eigenvalue weighted by Crippen LogP contribution is 2.41. The van der Waals surface area contributed by atoms with Gasteiger partial charge >= 0.3 is 6.18 Å². The highest BCUT2D eigenvalue weighted by molar-refractivity contribution is 6.00. The third-order valence-corrected chi connectivity index (χ3v) is 5.10. The first kappa shape index (κ1) is 19.8. The molecule has 0 radical (unpaired) electrons. The van der Waals surface area contributed by atoms with Gasteiger partial charge in [-0.3, -0.25) is 9.78 Å². The molecular weight excluding hydrogens is 400 g/mol. The van der Waals surface area contributed by atoms with Gasteiger partial charge in [-0.15, -0.1) is 0 Å². The Morgan fingerprint density at radius 1 is 1.00 bits per heavy atom. The summed E-state index contributed by atoms with van der Waals surface area (Å²) in [6.45, 7) is 1.82. The topological polar surface area (TPSA) is 70.1 Å². The maximum absolute atomic E-state index is 13.5. The third-order valence-electron chi connectivity index (χ3n) is 5.10. The van der Waals surface area contributed by atoms with Gasteiger partial charge in [-0.1, -0.05) is 18.2 Å². The van der Waals surface area contributed by atoms with Gasteiger partial charge < -0.3 is 10.3 Å². The van der Waals surface area contributed by atoms with E-state index in [0.717, 1.165) is 12.3 Å². The molecule has 0 amide bonds. The van der Waals surface area contributed by atoms with Crippen molar-refractivity contribution >= 4 is 5.84 Å². The van der Waals surface area contributed by atoms with Crippen LogP contribution in [0.4, 0.5) is 17.6 Å². The molecule has 1 aromatic carbocycles. The molecule has 2 atom stereocenters. The summed E-state index contributed by atoms with van der Waals surface area (Å²) < 4.78 is 52.5. The van der Waals surface area contributed by atoms with E-state index < -0.39 is 29.3 Å². The molecule has 154 valence electrons. The number of rotatable bonds is 3. The number of halogens is 4. The average Bonchev–Trinajstić information content (AvgIpc) is 3.07. The summed E-state index contributed by atoms with van der Waals surface area (Å²) in [4.78, 5) is 22.3. The van der Waals surface area contributed by atoms with Crippen molar-refractivity contribution < 1.29 is 17.6 Å². The van der Waals surface area contributed by atoms with Crippen LogP contribution in [0.5, 0.6) is 0 Å². The number of nitrogens with zero attached hydrogens (tertiary/aromatic N) is 2. The van der Waals surface area contributed by atoms with Crippen LogP contribution in [0.1, 0.15) is 29.3 Å². The summed E-state index contributed by atoms with van der Waals surface area (Å²) in [6.07, 6.45) is -1.93. The van der Waals surface area contributed by atoms with Crippen LogP contribution in [0.3, 0.4) is 0 Å². The van der Waals surface area contributed by atoms with Gasteiger partial charge in [0, 0.05) is 29.6 Å². The van der Waals surface area contributed by atoms with E-state index in [0.29, 0.717) is 22.5 Å². The number of hydrogen-bond acceptors (Lipinski definition) is 4. The van der Waals surface area contributed by atoms with Crippen molar-refractivity contribution in [2.24, 2.45) is 4.99 Å². The fraction of sp³-hybridized carbons (Fsp3) is 0.190. The Morgan fingerprint density at radius 2 is 1.70 bits per heavy atom. The zero-order valence-corrected chi connectivity index (χ0v) is 15.7. The van der Waals surface area contributed by atoms with Crippen LogP contribution in [-0.4, -0.2) is 21.8 Å². The second kappa shape index (κ2) is 7.08. The molecule has 3 heterocycles. The van der Waals surface area contributed by atoms with E-state index >= 15 is 0 Å². The van der Waals surface area contributed by atoms with Gasteiger partial charge in [0.25, 0.3) is 0 Å². The first-order chi connectivity index (χ1) is 14.2. The smallest absolute Gasteiger partial charge is 0.364 e. The molecular formula is C21H16F4N4O. The Bertz CT molecular complexity index is 1130. The summed E-state index contributed by atoms with van der Waals surface area (Å²) in [5, 5.41) is 3.22. The lowest BCUT2D eigenvalue weighted by Gasteiger charge is -2.31. The summed E-state index contributed by atoms with van der Waals surface area (Å²) in [7, 11) is 0. The van der Waals surface area contributed by atoms with Gasteiger partial charge in [-0.05, 0) is 36.8 Å². The summed E-state index contributed by atoms with van der Waals surface area (Å²) in [5.74, 6) is 0.00543. The van der Waals surface area contributed by atoms with Gasteiger partial charge in [0.15, 0.2) is 0 Å². The Balaban J connectivity index is 1.89. The quantitative estimate of drug-likeness (QED) is 0.641. The maximum atomic E-state index is 13.5. The van der Waals surface area contributed by atoms with Crippen LogP contribution >= 0.6 is 0 Å². The lowest BCUT2D eigenvalue weighted by molar-refractivity contribution is -0.141. The Labute approximate surface area is 168 Å². The molecule has 0 bridgehead atoms. The second-order valence-electron chi connectivity index (χ2n) is 6.97. The van der Waals surface area contributed by atoms with Gasteiger partial charge in [-0.2, -0.15) is 13.2 Å². The molecule has 0 saturated carbocycles. The zero-order valence-electron chi connectivity index (χ0n) is 15.7. The molecule has 0 unspecified atom stereocenters. The van der Waals surface area contributed by atoms with Crippen LogP contribution in [0.15, 0.2) is 70.7 Å². The van der Waals surface area contributed by atoms with Crippen LogP contribution in [0, 0.1) is 5.82 Å². The van der Waals surface area contributed by atoms with E-state index in [1.54, 1.807) is 18.2 Å². The minimum absolute atomic E-state index is 0.276. The number of aliphatic imine (C=N–C) groups is 1. The van der Waals surface area contributed by atoms with Crippen molar-refractivity contribution in [3.05, 3.63) is 99.5 Å². The number of hydrogen-bond donors (Lipinski definition) is 2. The SMILES string of the molecule is C[C@@H]1NC(c2ccc(=O)[nH]c2)=N[C@@]1(c1ccc(F)cc1)c1ccc(C(F)(F)F)nc1. The van der Waals surface area contributed by atoms with Crippen LogP contribution in [-0.2, 0) is 11.7 Å². The fourth-order valence-electron chi connectivity index (χ4n) is 3.61. The molecule has 9 heteroatoms. The van der Waals surface area contributed by atoms with Crippen molar-refractivity contribution in [1.82, 2.24) is 15.3 Å². The molecule has 4 rings (SSSR count). The Morgan fingerprint density at radius 3 is 2.27 bits per heavy atom. The molecule has 1 aliphatic rings. The molecule has 0 spiro atoms. The molecule has 1 aliphatic heterocycles. The summed E-state index contributed by atoms with van der Waals surface area (Å²) >= 11 is 0. The fourth-order valence-corrected chi connectivity index (χ4v) is 3.61. The number of amidine groups is 1. The molecule has 0 saturated heterocycles. The molecule has 0 aliphatic carbocycles. The predicted molar refractivity (Wildman–Crippen MR) is 103 cm³/mol. The Kier molecular flexibility index (Phi) is 4.68. The van der Waals surface area contributed by atoms with Crippen LogP contribution in [0.2, 0.25) is 0 Å². The number of aromatic amines is 1. The number of aromatic nitrogens is 2. The van der Waals surface area contributed by atoms with Crippen molar-refractivity contribution in [3.8, 4) is 0 Å². The second-order valence-corrected chi connectivity index (χ2v) is 6.97. The normalized spacial score (nSPS) is 21.2. The third kappa shape index (κ3) is 3.36. The number of alkyl halides is 3. The first-order valence-corrected chi connectivity index (χ1v) is 9.05. The zero-order chi connectivity index (χ0) is 21.5. The number of pyridine rings is 2. The van der Waals surface area contributed by atoms with Crippen LogP contribution < -0.4 is 10.9 Å². The van der Waals surface area contributed by atoms with Gasteiger partial charge in [0.1, 0.15) is 22.9 Å². The van der Waals surface area contributed by atoms with E-state index in [9.17, 15) is 22.4 Å². The molecule has 2 aromatic heterocycles. The van der Waals surface area contributed by atoms with Crippen LogP contribution in [0.25, 0.3) is 0 Å². The van der Waals surface area contributed by atoms with Gasteiger partial charge in [-0.25, -0.2) is 9.38 Å². The molecule has 0 fully saturated rings. The minimum atomic E-state index is -4.56. The lowest BCUT2D eigenvalue weighted by Crippen LogP contribution is -2.41. The predicted octanol–water partition coefficient (Wildman–Crippen LogP) is 3.61. The number of H-pyrrole nitrogens is 1. The number of benzene rings is 1. The molecule has 3 aromatic rings.